The summed E-state index contributed by atoms with van der Waals surface area (Å²) in [6.07, 6.45) is 1.23. The summed E-state index contributed by atoms with van der Waals surface area (Å²) in [6, 6.07) is 14.3. The molecule has 0 bridgehead atoms. The molecule has 4 unspecified atom stereocenters. The van der Waals surface area contributed by atoms with Crippen LogP contribution in [0, 0.1) is 11.8 Å². The van der Waals surface area contributed by atoms with Gasteiger partial charge in [0.2, 0.25) is 34.8 Å². The number of carbonyl (C=O) groups excluding carboxylic acids is 6. The number of amides is 5. The van der Waals surface area contributed by atoms with Crippen LogP contribution in [0.4, 0.5) is 11.4 Å². The number of nitrogens with two attached hydrogens (primary N) is 1. The molecule has 228 valence electrons. The molecule has 5 amide bonds. The van der Waals surface area contributed by atoms with Crippen LogP contribution in [0.25, 0.3) is 0 Å². The van der Waals surface area contributed by atoms with E-state index in [-0.39, 0.29) is 46.6 Å². The van der Waals surface area contributed by atoms with E-state index in [4.69, 9.17) is 17.3 Å². The molecule has 0 aromatic heterocycles. The predicted octanol–water partition coefficient (Wildman–Crippen LogP) is 0.597. The lowest BCUT2D eigenvalue weighted by atomic mass is 9.94. The summed E-state index contributed by atoms with van der Waals surface area (Å²) < 4.78 is 0. The van der Waals surface area contributed by atoms with Crippen LogP contribution < -0.4 is 21.7 Å². The van der Waals surface area contributed by atoms with Crippen molar-refractivity contribution in [1.82, 2.24) is 20.4 Å². The summed E-state index contributed by atoms with van der Waals surface area (Å²) in [5, 5.41) is 7.21. The fourth-order valence-corrected chi connectivity index (χ4v) is 5.79. The maximum absolute atomic E-state index is 11.9. The van der Waals surface area contributed by atoms with E-state index in [0.29, 0.717) is 37.3 Å². The van der Waals surface area contributed by atoms with Gasteiger partial charge in [0, 0.05) is 11.4 Å². The van der Waals surface area contributed by atoms with Crippen molar-refractivity contribution in [3.8, 4) is 0 Å². The van der Waals surface area contributed by atoms with Gasteiger partial charge < -0.3 is 20.9 Å². The largest absolute Gasteiger partial charge is 0.399 e. The Morgan fingerprint density at radius 3 is 1.51 bits per heavy atom. The smallest absolute Gasteiger partial charge is 0.238 e. The number of piperidine rings is 2. The van der Waals surface area contributed by atoms with E-state index >= 15 is 0 Å². The topological polar surface area (TPSA) is 171 Å². The molecule has 4 aliphatic rings. The molecule has 12 nitrogen and oxygen atoms in total. The van der Waals surface area contributed by atoms with E-state index in [9.17, 15) is 28.8 Å². The molecule has 2 heterocycles. The fourth-order valence-electron chi connectivity index (χ4n) is 5.55. The first-order chi connectivity index (χ1) is 20.2. The van der Waals surface area contributed by atoms with Crippen LogP contribution in [0.3, 0.4) is 0 Å². The third-order valence-electron chi connectivity index (χ3n) is 7.85. The molecule has 4 atom stereocenters. The minimum atomic E-state index is -0.663. The number of carbonyl (C=O) groups is 6. The van der Waals surface area contributed by atoms with E-state index in [2.05, 4.69) is 16.0 Å². The summed E-state index contributed by atoms with van der Waals surface area (Å²) in [7, 11) is 7.23. The van der Waals surface area contributed by atoms with E-state index < -0.39 is 10.8 Å². The Kier molecular flexibility index (Phi) is 9.05. The van der Waals surface area contributed by atoms with Gasteiger partial charge in [-0.15, -0.1) is 0 Å². The van der Waals surface area contributed by atoms with Crippen molar-refractivity contribution in [3.05, 3.63) is 59.7 Å². The van der Waals surface area contributed by atoms with Gasteiger partial charge in [-0.3, -0.25) is 39.4 Å². The molecule has 2 aromatic carbocycles. The zero-order valence-corrected chi connectivity index (χ0v) is 25.2. The van der Waals surface area contributed by atoms with Crippen LogP contribution in [0.5, 0.6) is 0 Å². The Labute approximate surface area is 254 Å². The number of nitrogen functional groups attached to an aromatic ring is 1. The van der Waals surface area contributed by atoms with Crippen molar-refractivity contribution in [3.63, 3.8) is 0 Å². The van der Waals surface area contributed by atoms with Crippen LogP contribution in [0.1, 0.15) is 24.0 Å². The maximum atomic E-state index is 11.9. The number of hydrogen-bond acceptors (Lipinski definition) is 9. The van der Waals surface area contributed by atoms with Gasteiger partial charge in [-0.25, -0.2) is 0 Å². The third kappa shape index (κ3) is 6.61. The molecular formula is C30H35ClN6O6. The van der Waals surface area contributed by atoms with Crippen molar-refractivity contribution in [1.29, 1.82) is 0 Å². The van der Waals surface area contributed by atoms with Crippen LogP contribution in [-0.2, 0) is 39.6 Å². The number of fused-ring (bicyclic) bond motifs is 2. The van der Waals surface area contributed by atoms with Gasteiger partial charge in [-0.2, -0.15) is 0 Å². The molecule has 6 rings (SSSR count). The molecule has 2 saturated carbocycles. The van der Waals surface area contributed by atoms with Crippen LogP contribution in [0.2, 0.25) is 0 Å². The lowest BCUT2D eigenvalue weighted by Crippen LogP contribution is -2.30. The minimum Gasteiger partial charge on any atom is -0.399 e. The zero-order chi connectivity index (χ0) is 31.7. The van der Waals surface area contributed by atoms with Gasteiger partial charge in [-0.1, -0.05) is 24.3 Å². The van der Waals surface area contributed by atoms with E-state index in [1.165, 1.54) is 0 Å². The molecule has 2 aliphatic carbocycles. The second-order valence-electron chi connectivity index (χ2n) is 11.7. The fraction of sp³-hybridized carbons (Fsp3) is 0.400. The van der Waals surface area contributed by atoms with Crippen molar-refractivity contribution < 1.29 is 28.8 Å². The quantitative estimate of drug-likeness (QED) is 0.199. The predicted molar refractivity (Wildman–Crippen MR) is 160 cm³/mol. The number of benzene rings is 2. The normalized spacial score (nSPS) is 25.8. The lowest BCUT2D eigenvalue weighted by molar-refractivity contribution is -0.129. The number of rotatable bonds is 7. The molecule has 4 fully saturated rings. The van der Waals surface area contributed by atoms with Crippen molar-refractivity contribution >= 4 is 57.8 Å². The van der Waals surface area contributed by atoms with Gasteiger partial charge in [0.15, 0.2) is 0 Å². The molecule has 43 heavy (non-hydrogen) atoms. The number of halogens is 1. The monoisotopic (exact) mass is 610 g/mol. The summed E-state index contributed by atoms with van der Waals surface area (Å²) in [5.74, 6) is -1.17. The van der Waals surface area contributed by atoms with Crippen LogP contribution in [-0.4, -0.2) is 85.9 Å². The highest BCUT2D eigenvalue weighted by Gasteiger charge is 2.70. The first-order valence-electron chi connectivity index (χ1n) is 13.7. The van der Waals surface area contributed by atoms with Gasteiger partial charge in [0.05, 0.1) is 35.8 Å². The Balaban J connectivity index is 0.000000167. The lowest BCUT2D eigenvalue weighted by Gasteiger charge is -2.13. The number of nitrogens with one attached hydrogen (secondary N) is 3. The highest BCUT2D eigenvalue weighted by atomic mass is 35.5. The number of hydrogen-bond donors (Lipinski definition) is 4. The van der Waals surface area contributed by atoms with Crippen LogP contribution in [0.15, 0.2) is 48.5 Å². The summed E-state index contributed by atoms with van der Waals surface area (Å²) in [4.78, 5) is 71.6. The summed E-state index contributed by atoms with van der Waals surface area (Å²) in [6.45, 7) is 0.631. The average Bonchev–Trinajstić information content (AvgIpc) is 3.80. The Morgan fingerprint density at radius 1 is 0.791 bits per heavy atom. The average molecular weight is 611 g/mol. The molecule has 5 N–H and O–H groups in total. The van der Waals surface area contributed by atoms with Gasteiger partial charge >= 0.3 is 0 Å². The highest BCUT2D eigenvalue weighted by molar-refractivity contribution is 6.64. The Morgan fingerprint density at radius 2 is 1.21 bits per heavy atom. The van der Waals surface area contributed by atoms with Crippen molar-refractivity contribution in [2.24, 2.45) is 11.8 Å². The zero-order valence-electron chi connectivity index (χ0n) is 24.4. The molecule has 0 radical (unpaired) electrons. The first kappa shape index (κ1) is 31.8. The molecule has 13 heteroatoms. The second kappa shape index (κ2) is 12.2. The number of likely N-dealkylation sites (N-methyl/N-ethyl adjacent to an activating group) is 2. The summed E-state index contributed by atoms with van der Waals surface area (Å²) >= 11 is 4.99. The van der Waals surface area contributed by atoms with Crippen molar-refractivity contribution in [2.45, 2.75) is 23.7 Å². The maximum Gasteiger partial charge on any atom is 0.238 e. The third-order valence-corrected chi connectivity index (χ3v) is 7.97. The van der Waals surface area contributed by atoms with Crippen LogP contribution >= 0.6 is 11.6 Å². The van der Waals surface area contributed by atoms with Crippen molar-refractivity contribution in [2.75, 3.05) is 52.3 Å². The molecular weight excluding hydrogens is 576 g/mol. The van der Waals surface area contributed by atoms with E-state index in [1.807, 2.05) is 38.4 Å². The summed E-state index contributed by atoms with van der Waals surface area (Å²) in [5.41, 5.74) is 7.41. The standard InChI is InChI=1S/C15H17N3O3.C11H10N2O2.C4H8ClNO/c1-18(2)8-12(19)16-10-5-3-9(4-6-10)15-7-11(15)13(20)17-14(15)21;12-7-3-1-6(2-4-7)11-5-8(11)9(14)13-10(11)15;1-6(2)3-4(5)7/h3-6,11H,7-8H2,1-2H3,(H,16,19)(H,17,20,21);1-4,8H,5,12H2,(H,13,14,15);3H2,1-2H3. The second-order valence-corrected chi connectivity index (χ2v) is 12.1. The van der Waals surface area contributed by atoms with Gasteiger partial charge in [0.1, 0.15) is 0 Å². The first-order valence-corrected chi connectivity index (χ1v) is 14.0. The number of anilines is 2. The Bertz CT molecular complexity index is 1460. The van der Waals surface area contributed by atoms with Gasteiger partial charge in [-0.05, 0) is 88.0 Å². The Hall–Kier alpha value is -4.13. The van der Waals surface area contributed by atoms with E-state index in [1.54, 1.807) is 48.2 Å². The minimum absolute atomic E-state index is 0.0935. The number of imide groups is 2. The van der Waals surface area contributed by atoms with Gasteiger partial charge in [0.25, 0.3) is 0 Å². The highest BCUT2D eigenvalue weighted by Crippen LogP contribution is 2.58. The number of nitrogens with zero attached hydrogens (tertiary/aromatic N) is 2. The molecule has 2 saturated heterocycles. The SMILES string of the molecule is CN(C)CC(=O)Cl.CN(C)CC(=O)Nc1ccc(C23CC2C(=O)NC3=O)cc1.Nc1ccc(C23CC2C(=O)NC3=O)cc1. The molecule has 2 aliphatic heterocycles. The van der Waals surface area contributed by atoms with E-state index in [0.717, 1.165) is 11.1 Å². The molecule has 2 aromatic rings. The molecule has 0 spiro atoms.